The second kappa shape index (κ2) is 6.96. The number of benzene rings is 1. The lowest BCUT2D eigenvalue weighted by molar-refractivity contribution is 0.0536. The Kier molecular flexibility index (Phi) is 4.76. The van der Waals surface area contributed by atoms with Gasteiger partial charge in [0, 0.05) is 37.1 Å². The third-order valence-electron chi connectivity index (χ3n) is 4.23. The normalized spacial score (nSPS) is 14.8. The second-order valence-corrected chi connectivity index (χ2v) is 6.43. The molecule has 0 unspecified atom stereocenters. The first-order valence-corrected chi connectivity index (χ1v) is 8.83. The van der Waals surface area contributed by atoms with E-state index in [1.54, 1.807) is 0 Å². The number of rotatable bonds is 3. The van der Waals surface area contributed by atoms with Gasteiger partial charge >= 0.3 is 0 Å². The average Bonchev–Trinajstić information content (AvgIpc) is 3.15. The van der Waals surface area contributed by atoms with Gasteiger partial charge in [-0.15, -0.1) is 0 Å². The molecule has 2 heterocycles. The highest BCUT2D eigenvalue weighted by atomic mass is 32.1. The lowest BCUT2D eigenvalue weighted by Crippen LogP contribution is -2.50. The molecule has 4 nitrogen and oxygen atoms in total. The topological polar surface area (TPSA) is 40.6 Å². The largest absolute Gasteiger partial charge is 0.335 e. The molecule has 0 radical (unpaired) electrons. The third-order valence-corrected chi connectivity index (χ3v) is 4.91. The van der Waals surface area contributed by atoms with Crippen molar-refractivity contribution in [1.29, 1.82) is 0 Å². The van der Waals surface area contributed by atoms with E-state index >= 15 is 0 Å². The van der Waals surface area contributed by atoms with Gasteiger partial charge < -0.3 is 9.80 Å². The van der Waals surface area contributed by atoms with Gasteiger partial charge in [-0.1, -0.05) is 19.1 Å². The number of hydrogen-bond acceptors (Lipinski definition) is 3. The molecule has 0 aliphatic carbocycles. The first-order valence-electron chi connectivity index (χ1n) is 7.88. The predicted octanol–water partition coefficient (Wildman–Crippen LogP) is 2.91. The Hall–Kier alpha value is -2.14. The van der Waals surface area contributed by atoms with Crippen LogP contribution in [0.4, 0.5) is 0 Å². The molecule has 0 bridgehead atoms. The Morgan fingerprint density at radius 2 is 1.48 bits per heavy atom. The molecule has 2 amide bonds. The van der Waals surface area contributed by atoms with Crippen molar-refractivity contribution < 1.29 is 9.59 Å². The molecule has 1 saturated heterocycles. The molecule has 0 saturated carbocycles. The SMILES string of the molecule is CCc1ccc(C(=O)N2CCN(C(=O)c3ccsc3)CC2)cc1. The van der Waals surface area contributed by atoms with Crippen molar-refractivity contribution in [3.8, 4) is 0 Å². The highest BCUT2D eigenvalue weighted by molar-refractivity contribution is 7.08. The molecule has 1 aliphatic rings. The number of nitrogens with zero attached hydrogens (tertiary/aromatic N) is 2. The van der Waals surface area contributed by atoms with E-state index in [9.17, 15) is 9.59 Å². The molecule has 120 valence electrons. The van der Waals surface area contributed by atoms with Crippen LogP contribution in [-0.4, -0.2) is 47.8 Å². The summed E-state index contributed by atoms with van der Waals surface area (Å²) in [5.74, 6) is 0.112. The zero-order chi connectivity index (χ0) is 16.2. The van der Waals surface area contributed by atoms with Crippen molar-refractivity contribution in [2.24, 2.45) is 0 Å². The first-order chi connectivity index (χ1) is 11.2. The number of thiophene rings is 1. The van der Waals surface area contributed by atoms with Crippen molar-refractivity contribution in [1.82, 2.24) is 9.80 Å². The summed E-state index contributed by atoms with van der Waals surface area (Å²) in [6.45, 7) is 4.45. The van der Waals surface area contributed by atoms with Gasteiger partial charge in [0.1, 0.15) is 0 Å². The minimum absolute atomic E-state index is 0.0512. The molecular weight excluding hydrogens is 308 g/mol. The number of carbonyl (C=O) groups is 2. The molecule has 2 aromatic rings. The Morgan fingerprint density at radius 3 is 1.96 bits per heavy atom. The summed E-state index contributed by atoms with van der Waals surface area (Å²) < 4.78 is 0. The van der Waals surface area contributed by atoms with Crippen molar-refractivity contribution in [3.05, 3.63) is 57.8 Å². The minimum Gasteiger partial charge on any atom is -0.335 e. The fraction of sp³-hybridized carbons (Fsp3) is 0.333. The third kappa shape index (κ3) is 3.45. The number of piperazine rings is 1. The summed E-state index contributed by atoms with van der Waals surface area (Å²) in [6, 6.07) is 9.64. The summed E-state index contributed by atoms with van der Waals surface area (Å²) in [6.07, 6.45) is 0.970. The van der Waals surface area contributed by atoms with Crippen molar-refractivity contribution in [2.75, 3.05) is 26.2 Å². The maximum atomic E-state index is 12.5. The lowest BCUT2D eigenvalue weighted by Gasteiger charge is -2.34. The van der Waals surface area contributed by atoms with Crippen LogP contribution in [0.15, 0.2) is 41.1 Å². The highest BCUT2D eigenvalue weighted by Crippen LogP contribution is 2.14. The van der Waals surface area contributed by atoms with Gasteiger partial charge in [0.15, 0.2) is 0 Å². The maximum Gasteiger partial charge on any atom is 0.254 e. The van der Waals surface area contributed by atoms with E-state index in [0.717, 1.165) is 17.5 Å². The number of hydrogen-bond donors (Lipinski definition) is 0. The van der Waals surface area contributed by atoms with Crippen LogP contribution in [0.25, 0.3) is 0 Å². The van der Waals surface area contributed by atoms with Crippen molar-refractivity contribution in [2.45, 2.75) is 13.3 Å². The van der Waals surface area contributed by atoms with Gasteiger partial charge in [0.25, 0.3) is 11.8 Å². The molecule has 0 atom stereocenters. The van der Waals surface area contributed by atoms with Gasteiger partial charge in [-0.05, 0) is 35.6 Å². The Balaban J connectivity index is 1.59. The number of aryl methyl sites for hydroxylation is 1. The van der Waals surface area contributed by atoms with Gasteiger partial charge in [-0.2, -0.15) is 11.3 Å². The van der Waals surface area contributed by atoms with Crippen LogP contribution in [0.1, 0.15) is 33.2 Å². The standard InChI is InChI=1S/C18H20N2O2S/c1-2-14-3-5-15(6-4-14)17(21)19-8-10-20(11-9-19)18(22)16-7-12-23-13-16/h3-7,12-13H,2,8-11H2,1H3. The second-order valence-electron chi connectivity index (χ2n) is 5.65. The van der Waals surface area contributed by atoms with E-state index in [0.29, 0.717) is 26.2 Å². The lowest BCUT2D eigenvalue weighted by atomic mass is 10.1. The fourth-order valence-corrected chi connectivity index (χ4v) is 3.38. The monoisotopic (exact) mass is 328 g/mol. The van der Waals surface area contributed by atoms with Crippen molar-refractivity contribution in [3.63, 3.8) is 0 Å². The van der Waals surface area contributed by atoms with Crippen LogP contribution in [0.5, 0.6) is 0 Å². The van der Waals surface area contributed by atoms with E-state index in [2.05, 4.69) is 6.92 Å². The zero-order valence-electron chi connectivity index (χ0n) is 13.2. The van der Waals surface area contributed by atoms with Crippen LogP contribution in [0, 0.1) is 0 Å². The summed E-state index contributed by atoms with van der Waals surface area (Å²) >= 11 is 1.53. The number of carbonyl (C=O) groups excluding carboxylic acids is 2. The molecule has 1 aromatic carbocycles. The molecule has 5 heteroatoms. The van der Waals surface area contributed by atoms with Gasteiger partial charge in [-0.3, -0.25) is 9.59 Å². The average molecular weight is 328 g/mol. The number of amides is 2. The molecule has 1 aliphatic heterocycles. The molecule has 23 heavy (non-hydrogen) atoms. The molecule has 1 aromatic heterocycles. The van der Waals surface area contributed by atoms with E-state index in [4.69, 9.17) is 0 Å². The van der Waals surface area contributed by atoms with Crippen LogP contribution < -0.4 is 0 Å². The molecule has 0 spiro atoms. The van der Waals surface area contributed by atoms with Crippen molar-refractivity contribution >= 4 is 23.2 Å². The summed E-state index contributed by atoms with van der Waals surface area (Å²) in [5.41, 5.74) is 2.69. The predicted molar refractivity (Wildman–Crippen MR) is 91.9 cm³/mol. The summed E-state index contributed by atoms with van der Waals surface area (Å²) in [5, 5.41) is 3.78. The van der Waals surface area contributed by atoms with Crippen LogP contribution in [0.3, 0.4) is 0 Å². The minimum atomic E-state index is 0.0512. The van der Waals surface area contributed by atoms with E-state index in [1.165, 1.54) is 16.9 Å². The van der Waals surface area contributed by atoms with E-state index < -0.39 is 0 Å². The van der Waals surface area contributed by atoms with Crippen LogP contribution in [0.2, 0.25) is 0 Å². The van der Waals surface area contributed by atoms with Crippen LogP contribution >= 0.6 is 11.3 Å². The van der Waals surface area contributed by atoms with Gasteiger partial charge in [0.2, 0.25) is 0 Å². The molecule has 0 N–H and O–H groups in total. The molecular formula is C18H20N2O2S. The zero-order valence-corrected chi connectivity index (χ0v) is 14.0. The maximum absolute atomic E-state index is 12.5. The molecule has 3 rings (SSSR count). The molecule has 1 fully saturated rings. The highest BCUT2D eigenvalue weighted by Gasteiger charge is 2.25. The first kappa shape index (κ1) is 15.7. The van der Waals surface area contributed by atoms with Crippen LogP contribution in [-0.2, 0) is 6.42 Å². The quantitative estimate of drug-likeness (QED) is 0.869. The van der Waals surface area contributed by atoms with Gasteiger partial charge in [0.05, 0.1) is 5.56 Å². The summed E-state index contributed by atoms with van der Waals surface area (Å²) in [7, 11) is 0. The fourth-order valence-electron chi connectivity index (χ4n) is 2.75. The smallest absolute Gasteiger partial charge is 0.254 e. The Labute approximate surface area is 140 Å². The Morgan fingerprint density at radius 1 is 0.913 bits per heavy atom. The summed E-state index contributed by atoms with van der Waals surface area (Å²) in [4.78, 5) is 28.5. The van der Waals surface area contributed by atoms with E-state index in [-0.39, 0.29) is 11.8 Å². The van der Waals surface area contributed by atoms with Gasteiger partial charge in [-0.25, -0.2) is 0 Å². The van der Waals surface area contributed by atoms with E-state index in [1.807, 2.05) is 50.9 Å². The Bertz CT molecular complexity index is 672.